The first-order valence-electron chi connectivity index (χ1n) is 4.44. The van der Waals surface area contributed by atoms with Crippen molar-refractivity contribution in [3.8, 4) is 0 Å². The Morgan fingerprint density at radius 2 is 1.83 bits per heavy atom. The van der Waals surface area contributed by atoms with Crippen molar-refractivity contribution in [2.45, 2.75) is 33.6 Å². The molecule has 0 aromatic carbocycles. The van der Waals surface area contributed by atoms with Crippen molar-refractivity contribution in [2.24, 2.45) is 0 Å². The summed E-state index contributed by atoms with van der Waals surface area (Å²) >= 11 is 0. The predicted octanol–water partition coefficient (Wildman–Crippen LogP) is 3.33. The van der Waals surface area contributed by atoms with Crippen molar-refractivity contribution in [1.82, 2.24) is 0 Å². The fourth-order valence-electron chi connectivity index (χ4n) is 0.916. The van der Waals surface area contributed by atoms with Crippen LogP contribution in [0.5, 0.6) is 0 Å². The van der Waals surface area contributed by atoms with Crippen molar-refractivity contribution in [3.63, 3.8) is 0 Å². The van der Waals surface area contributed by atoms with Gasteiger partial charge >= 0.3 is 0 Å². The van der Waals surface area contributed by atoms with E-state index < -0.39 is 0 Å². The minimum Gasteiger partial charge on any atom is -0.381 e. The Bertz CT molecular complexity index is 162. The second-order valence-electron chi connectivity index (χ2n) is 3.33. The summed E-state index contributed by atoms with van der Waals surface area (Å²) < 4.78 is 4.95. The van der Waals surface area contributed by atoms with E-state index in [0.717, 1.165) is 19.4 Å². The average Bonchev–Trinajstić information content (AvgIpc) is 2.00. The van der Waals surface area contributed by atoms with Crippen LogP contribution in [0.2, 0.25) is 0 Å². The number of methoxy groups -OCH3 is 1. The van der Waals surface area contributed by atoms with Gasteiger partial charge in [-0.2, -0.15) is 0 Å². The van der Waals surface area contributed by atoms with Crippen LogP contribution in [0.3, 0.4) is 0 Å². The van der Waals surface area contributed by atoms with Gasteiger partial charge in [-0.05, 0) is 33.6 Å². The molecule has 0 N–H and O–H groups in total. The molecular weight excluding hydrogens is 148 g/mol. The van der Waals surface area contributed by atoms with Crippen LogP contribution in [0.1, 0.15) is 33.6 Å². The van der Waals surface area contributed by atoms with Crippen LogP contribution in [0.15, 0.2) is 23.3 Å². The minimum atomic E-state index is 0.737. The molecule has 0 spiro atoms. The predicted molar refractivity (Wildman–Crippen MR) is 54.3 cm³/mol. The quantitative estimate of drug-likeness (QED) is 0.572. The summed E-state index contributed by atoms with van der Waals surface area (Å²) in [6, 6.07) is 0. The monoisotopic (exact) mass is 168 g/mol. The maximum absolute atomic E-state index is 4.95. The molecule has 0 amide bonds. The summed E-state index contributed by atoms with van der Waals surface area (Å²) in [6.45, 7) is 7.15. The highest BCUT2D eigenvalue weighted by molar-refractivity contribution is 5.02. The minimum absolute atomic E-state index is 0.737. The maximum atomic E-state index is 4.95. The van der Waals surface area contributed by atoms with Crippen LogP contribution in [0.25, 0.3) is 0 Å². The van der Waals surface area contributed by atoms with Gasteiger partial charge in [0.1, 0.15) is 0 Å². The molecule has 0 aliphatic heterocycles. The number of ether oxygens (including phenoxy) is 1. The molecule has 0 aliphatic rings. The molecule has 0 heterocycles. The molecule has 0 saturated carbocycles. The highest BCUT2D eigenvalue weighted by atomic mass is 16.5. The molecule has 0 aromatic heterocycles. The molecule has 1 nitrogen and oxygen atoms in total. The average molecular weight is 168 g/mol. The zero-order chi connectivity index (χ0) is 9.40. The third-order valence-electron chi connectivity index (χ3n) is 1.69. The van der Waals surface area contributed by atoms with Gasteiger partial charge in [0.05, 0.1) is 6.61 Å². The van der Waals surface area contributed by atoms with Crippen LogP contribution in [-0.4, -0.2) is 13.7 Å². The van der Waals surface area contributed by atoms with Crippen LogP contribution in [0.4, 0.5) is 0 Å². The molecule has 0 unspecified atom stereocenters. The molecule has 0 aliphatic carbocycles. The molecule has 70 valence electrons. The lowest BCUT2D eigenvalue weighted by molar-refractivity contribution is 0.233. The Balaban J connectivity index is 3.56. The van der Waals surface area contributed by atoms with Gasteiger partial charge in [0.25, 0.3) is 0 Å². The van der Waals surface area contributed by atoms with Gasteiger partial charge in [0.15, 0.2) is 0 Å². The Morgan fingerprint density at radius 1 is 1.17 bits per heavy atom. The summed E-state index contributed by atoms with van der Waals surface area (Å²) in [5.74, 6) is 0. The normalized spacial score (nSPS) is 11.5. The highest BCUT2D eigenvalue weighted by Crippen LogP contribution is 2.05. The van der Waals surface area contributed by atoms with Crippen molar-refractivity contribution < 1.29 is 4.74 Å². The lowest BCUT2D eigenvalue weighted by Crippen LogP contribution is -1.84. The van der Waals surface area contributed by atoms with Crippen molar-refractivity contribution in [2.75, 3.05) is 13.7 Å². The molecule has 0 bridgehead atoms. The SMILES string of the molecule is COC/C=C(\C)CCC=C(C)C. The molecule has 0 fully saturated rings. The van der Waals surface area contributed by atoms with E-state index >= 15 is 0 Å². The van der Waals surface area contributed by atoms with Crippen LogP contribution in [0, 0.1) is 0 Å². The van der Waals surface area contributed by atoms with Crippen LogP contribution >= 0.6 is 0 Å². The first-order chi connectivity index (χ1) is 5.66. The Hall–Kier alpha value is -0.560. The summed E-state index contributed by atoms with van der Waals surface area (Å²) in [7, 11) is 1.72. The van der Waals surface area contributed by atoms with E-state index in [4.69, 9.17) is 4.74 Å². The van der Waals surface area contributed by atoms with Gasteiger partial charge in [-0.3, -0.25) is 0 Å². The Morgan fingerprint density at radius 3 is 2.33 bits per heavy atom. The fourth-order valence-corrected chi connectivity index (χ4v) is 0.916. The van der Waals surface area contributed by atoms with Crippen molar-refractivity contribution >= 4 is 0 Å². The highest BCUT2D eigenvalue weighted by Gasteiger charge is 1.87. The van der Waals surface area contributed by atoms with Gasteiger partial charge in [-0.1, -0.05) is 23.3 Å². The van der Waals surface area contributed by atoms with E-state index in [1.807, 2.05) is 0 Å². The van der Waals surface area contributed by atoms with Crippen LogP contribution < -0.4 is 0 Å². The standard InChI is InChI=1S/C11H20O/c1-10(2)6-5-7-11(3)8-9-12-4/h6,8H,5,7,9H2,1-4H3/b11-8+. The van der Waals surface area contributed by atoms with E-state index in [-0.39, 0.29) is 0 Å². The zero-order valence-electron chi connectivity index (χ0n) is 8.68. The molecular formula is C11H20O. The third kappa shape index (κ3) is 7.55. The fraction of sp³-hybridized carbons (Fsp3) is 0.636. The van der Waals surface area contributed by atoms with E-state index in [2.05, 4.69) is 32.9 Å². The topological polar surface area (TPSA) is 9.23 Å². The molecule has 0 atom stereocenters. The molecule has 0 saturated heterocycles. The summed E-state index contributed by atoms with van der Waals surface area (Å²) in [4.78, 5) is 0. The van der Waals surface area contributed by atoms with Gasteiger partial charge in [0, 0.05) is 7.11 Å². The van der Waals surface area contributed by atoms with E-state index in [9.17, 15) is 0 Å². The zero-order valence-corrected chi connectivity index (χ0v) is 8.68. The first-order valence-corrected chi connectivity index (χ1v) is 4.44. The smallest absolute Gasteiger partial charge is 0.0646 e. The molecule has 1 heteroatoms. The van der Waals surface area contributed by atoms with E-state index in [0.29, 0.717) is 0 Å². The Kier molecular flexibility index (Phi) is 6.78. The van der Waals surface area contributed by atoms with Gasteiger partial charge in [0.2, 0.25) is 0 Å². The number of rotatable bonds is 5. The maximum Gasteiger partial charge on any atom is 0.0646 e. The molecule has 0 radical (unpaired) electrons. The van der Waals surface area contributed by atoms with E-state index in [1.54, 1.807) is 7.11 Å². The molecule has 12 heavy (non-hydrogen) atoms. The summed E-state index contributed by atoms with van der Waals surface area (Å²) in [6.07, 6.45) is 6.70. The molecule has 0 rings (SSSR count). The Labute approximate surface area is 76.1 Å². The first kappa shape index (κ1) is 11.4. The second-order valence-corrected chi connectivity index (χ2v) is 3.33. The summed E-state index contributed by atoms with van der Waals surface area (Å²) in [5.41, 5.74) is 2.81. The number of allylic oxidation sites excluding steroid dienone is 3. The molecule has 0 aromatic rings. The lowest BCUT2D eigenvalue weighted by atomic mass is 10.1. The number of hydrogen-bond acceptors (Lipinski definition) is 1. The van der Waals surface area contributed by atoms with Crippen molar-refractivity contribution in [3.05, 3.63) is 23.3 Å². The number of hydrogen-bond donors (Lipinski definition) is 0. The summed E-state index contributed by atoms with van der Waals surface area (Å²) in [5, 5.41) is 0. The van der Waals surface area contributed by atoms with Gasteiger partial charge in [-0.15, -0.1) is 0 Å². The van der Waals surface area contributed by atoms with Crippen molar-refractivity contribution in [1.29, 1.82) is 0 Å². The third-order valence-corrected chi connectivity index (χ3v) is 1.69. The largest absolute Gasteiger partial charge is 0.381 e. The van der Waals surface area contributed by atoms with E-state index in [1.165, 1.54) is 11.1 Å². The second kappa shape index (κ2) is 7.11. The van der Waals surface area contributed by atoms with Gasteiger partial charge in [-0.25, -0.2) is 0 Å². The van der Waals surface area contributed by atoms with Crippen LogP contribution in [-0.2, 0) is 4.74 Å². The lowest BCUT2D eigenvalue weighted by Gasteiger charge is -1.98. The van der Waals surface area contributed by atoms with Gasteiger partial charge < -0.3 is 4.74 Å².